The lowest BCUT2D eigenvalue weighted by molar-refractivity contribution is -0.146. The normalized spacial score (nSPS) is 27.4. The molecule has 1 amide bonds. The van der Waals surface area contributed by atoms with E-state index in [1.165, 1.54) is 0 Å². The number of nitriles is 1. The second-order valence-corrected chi connectivity index (χ2v) is 5.80. The smallest absolute Gasteiger partial charge is 0.307 e. The van der Waals surface area contributed by atoms with Crippen LogP contribution in [0.15, 0.2) is 36.4 Å². The fourth-order valence-electron chi connectivity index (χ4n) is 3.49. The number of carboxylic acids is 1. The molecule has 2 bridgehead atoms. The average Bonchev–Trinajstić information content (AvgIpc) is 3.15. The lowest BCUT2D eigenvalue weighted by Gasteiger charge is -2.23. The molecule has 1 saturated carbocycles. The molecule has 2 aliphatic carbocycles. The molecule has 0 aromatic heterocycles. The van der Waals surface area contributed by atoms with Crippen molar-refractivity contribution in [1.29, 1.82) is 5.26 Å². The van der Waals surface area contributed by atoms with E-state index < -0.39 is 17.8 Å². The van der Waals surface area contributed by atoms with Crippen molar-refractivity contribution in [2.75, 3.05) is 11.9 Å². The van der Waals surface area contributed by atoms with Crippen LogP contribution in [-0.2, 0) is 9.59 Å². The summed E-state index contributed by atoms with van der Waals surface area (Å²) in [6.07, 6.45) is 4.59. The number of allylic oxidation sites excluding steroid dienone is 2. The van der Waals surface area contributed by atoms with Gasteiger partial charge in [0.15, 0.2) is 6.61 Å². The van der Waals surface area contributed by atoms with Gasteiger partial charge in [0.1, 0.15) is 11.8 Å². The van der Waals surface area contributed by atoms with Crippen LogP contribution in [0.5, 0.6) is 5.75 Å². The van der Waals surface area contributed by atoms with Crippen LogP contribution in [0.25, 0.3) is 0 Å². The standard InChI is InChI=1S/C17H16N2O4/c18-7-8-23-13-5-3-12(4-6-13)19-16(20)14-10-1-2-11(9-10)15(14)17(21)22/h1-6,10-11,14-15H,8-9H2,(H,19,20)(H,21,22)/t10-,11-,14+,15-/m0/s1. The lowest BCUT2D eigenvalue weighted by Crippen LogP contribution is -2.36. The Morgan fingerprint density at radius 1 is 1.22 bits per heavy atom. The van der Waals surface area contributed by atoms with E-state index in [9.17, 15) is 14.7 Å². The average molecular weight is 312 g/mol. The van der Waals surface area contributed by atoms with E-state index in [0.717, 1.165) is 6.42 Å². The van der Waals surface area contributed by atoms with Crippen LogP contribution in [0.2, 0.25) is 0 Å². The summed E-state index contributed by atoms with van der Waals surface area (Å²) in [6.45, 7) is -0.0382. The third-order valence-electron chi connectivity index (χ3n) is 4.47. The largest absolute Gasteiger partial charge is 0.481 e. The second-order valence-electron chi connectivity index (χ2n) is 5.80. The maximum Gasteiger partial charge on any atom is 0.307 e. The molecule has 3 rings (SSSR count). The van der Waals surface area contributed by atoms with E-state index in [2.05, 4.69) is 5.32 Å². The van der Waals surface area contributed by atoms with Gasteiger partial charge in [-0.15, -0.1) is 0 Å². The monoisotopic (exact) mass is 312 g/mol. The first-order chi connectivity index (χ1) is 11.1. The predicted octanol–water partition coefficient (Wildman–Crippen LogP) is 2.05. The fraction of sp³-hybridized carbons (Fsp3) is 0.353. The number of amides is 1. The zero-order chi connectivity index (χ0) is 16.4. The number of carboxylic acid groups (broad SMARTS) is 1. The lowest BCUT2D eigenvalue weighted by atomic mass is 9.82. The van der Waals surface area contributed by atoms with Gasteiger partial charge < -0.3 is 15.2 Å². The van der Waals surface area contributed by atoms with Crippen molar-refractivity contribution >= 4 is 17.6 Å². The Labute approximate surface area is 133 Å². The van der Waals surface area contributed by atoms with E-state index in [0.29, 0.717) is 11.4 Å². The molecule has 6 heteroatoms. The van der Waals surface area contributed by atoms with E-state index in [4.69, 9.17) is 10.00 Å². The van der Waals surface area contributed by atoms with Gasteiger partial charge in [-0.25, -0.2) is 0 Å². The van der Waals surface area contributed by atoms with Crippen LogP contribution in [-0.4, -0.2) is 23.6 Å². The first-order valence-electron chi connectivity index (χ1n) is 7.42. The number of hydrogen-bond acceptors (Lipinski definition) is 4. The number of benzene rings is 1. The van der Waals surface area contributed by atoms with E-state index in [-0.39, 0.29) is 24.3 Å². The van der Waals surface area contributed by atoms with Crippen LogP contribution in [0.1, 0.15) is 6.42 Å². The van der Waals surface area contributed by atoms with Gasteiger partial charge in [0, 0.05) is 5.69 Å². The van der Waals surface area contributed by atoms with E-state index >= 15 is 0 Å². The molecule has 2 aliphatic rings. The maximum atomic E-state index is 12.5. The number of nitrogens with zero attached hydrogens (tertiary/aromatic N) is 1. The number of anilines is 1. The maximum absolute atomic E-state index is 12.5. The SMILES string of the molecule is N#CCOc1ccc(NC(=O)[C@H]2[C@@H](C(=O)O)[C@H]3C=C[C@H]2C3)cc1. The third-order valence-corrected chi connectivity index (χ3v) is 4.47. The van der Waals surface area contributed by atoms with Gasteiger partial charge in [0.25, 0.3) is 0 Å². The number of carbonyl (C=O) groups excluding carboxylic acids is 1. The number of nitrogens with one attached hydrogen (secondary N) is 1. The number of rotatable bonds is 5. The van der Waals surface area contributed by atoms with Crippen LogP contribution >= 0.6 is 0 Å². The highest BCUT2D eigenvalue weighted by Gasteiger charge is 2.51. The van der Waals surface area contributed by atoms with Gasteiger partial charge >= 0.3 is 5.97 Å². The number of ether oxygens (including phenoxy) is 1. The van der Waals surface area contributed by atoms with E-state index in [1.54, 1.807) is 24.3 Å². The first-order valence-corrected chi connectivity index (χ1v) is 7.42. The molecule has 0 heterocycles. The summed E-state index contributed by atoms with van der Waals surface area (Å²) in [5.41, 5.74) is 0.579. The van der Waals surface area contributed by atoms with Gasteiger partial charge in [-0.3, -0.25) is 9.59 Å². The zero-order valence-corrected chi connectivity index (χ0v) is 12.3. The van der Waals surface area contributed by atoms with Crippen LogP contribution in [0.3, 0.4) is 0 Å². The Bertz CT molecular complexity index is 690. The molecule has 1 fully saturated rings. The van der Waals surface area contributed by atoms with Crippen molar-refractivity contribution in [3.63, 3.8) is 0 Å². The Hall–Kier alpha value is -2.81. The van der Waals surface area contributed by atoms with Crippen molar-refractivity contribution in [2.45, 2.75) is 6.42 Å². The van der Waals surface area contributed by atoms with Crippen molar-refractivity contribution in [3.05, 3.63) is 36.4 Å². The Kier molecular flexibility index (Phi) is 4.02. The molecule has 0 saturated heterocycles. The topological polar surface area (TPSA) is 99.4 Å². The first kappa shape index (κ1) is 15.1. The van der Waals surface area contributed by atoms with Gasteiger partial charge in [-0.1, -0.05) is 12.2 Å². The Balaban J connectivity index is 1.68. The number of carbonyl (C=O) groups is 2. The summed E-state index contributed by atoms with van der Waals surface area (Å²) in [5, 5.41) is 20.6. The van der Waals surface area contributed by atoms with Crippen molar-refractivity contribution < 1.29 is 19.4 Å². The van der Waals surface area contributed by atoms with E-state index in [1.807, 2.05) is 18.2 Å². The molecule has 0 spiro atoms. The molecule has 1 aromatic rings. The summed E-state index contributed by atoms with van der Waals surface area (Å²) in [7, 11) is 0. The minimum Gasteiger partial charge on any atom is -0.481 e. The summed E-state index contributed by atoms with van der Waals surface area (Å²) in [5.74, 6) is -1.87. The van der Waals surface area contributed by atoms with Crippen molar-refractivity contribution in [2.24, 2.45) is 23.7 Å². The molecular weight excluding hydrogens is 296 g/mol. The Morgan fingerprint density at radius 2 is 1.87 bits per heavy atom. The summed E-state index contributed by atoms with van der Waals surface area (Å²) in [4.78, 5) is 23.9. The molecule has 1 aromatic carbocycles. The second kappa shape index (κ2) is 6.13. The van der Waals surface area contributed by atoms with Crippen LogP contribution in [0, 0.1) is 35.0 Å². The fourth-order valence-corrected chi connectivity index (χ4v) is 3.49. The Morgan fingerprint density at radius 3 is 2.48 bits per heavy atom. The van der Waals surface area contributed by atoms with Crippen molar-refractivity contribution in [1.82, 2.24) is 0 Å². The molecule has 118 valence electrons. The van der Waals surface area contributed by atoms with Crippen LogP contribution < -0.4 is 10.1 Å². The highest BCUT2D eigenvalue weighted by Crippen LogP contribution is 2.48. The molecule has 0 unspecified atom stereocenters. The summed E-state index contributed by atoms with van der Waals surface area (Å²) in [6, 6.07) is 8.53. The molecule has 0 radical (unpaired) electrons. The van der Waals surface area contributed by atoms with Gasteiger partial charge in [0.2, 0.25) is 5.91 Å². The number of hydrogen-bond donors (Lipinski definition) is 2. The third kappa shape index (κ3) is 2.90. The van der Waals surface area contributed by atoms with Gasteiger partial charge in [-0.05, 0) is 42.5 Å². The molecule has 4 atom stereocenters. The van der Waals surface area contributed by atoms with Gasteiger partial charge in [-0.2, -0.15) is 5.26 Å². The highest BCUT2D eigenvalue weighted by molar-refractivity contribution is 5.96. The molecule has 2 N–H and O–H groups in total. The highest BCUT2D eigenvalue weighted by atomic mass is 16.5. The minimum absolute atomic E-state index is 0.000616. The predicted molar refractivity (Wildman–Crippen MR) is 81.5 cm³/mol. The zero-order valence-electron chi connectivity index (χ0n) is 12.3. The molecule has 6 nitrogen and oxygen atoms in total. The number of aliphatic carboxylic acids is 1. The molecule has 23 heavy (non-hydrogen) atoms. The summed E-state index contributed by atoms with van der Waals surface area (Å²) < 4.78 is 5.14. The summed E-state index contributed by atoms with van der Waals surface area (Å²) >= 11 is 0. The van der Waals surface area contributed by atoms with Gasteiger partial charge in [0.05, 0.1) is 11.8 Å². The molecule has 0 aliphatic heterocycles. The van der Waals surface area contributed by atoms with Crippen LogP contribution in [0.4, 0.5) is 5.69 Å². The minimum atomic E-state index is -0.915. The number of fused-ring (bicyclic) bond motifs is 2. The molecular formula is C17H16N2O4. The quantitative estimate of drug-likeness (QED) is 0.811. The van der Waals surface area contributed by atoms with Crippen molar-refractivity contribution in [3.8, 4) is 11.8 Å².